The fourth-order valence-electron chi connectivity index (χ4n) is 1.95. The Bertz CT molecular complexity index is 894. The number of benzene rings is 1. The summed E-state index contributed by atoms with van der Waals surface area (Å²) < 4.78 is 10.3. The number of rotatable bonds is 3. The van der Waals surface area contributed by atoms with E-state index in [1.54, 1.807) is 19.2 Å². The van der Waals surface area contributed by atoms with E-state index < -0.39 is 0 Å². The van der Waals surface area contributed by atoms with E-state index in [0.29, 0.717) is 11.3 Å². The van der Waals surface area contributed by atoms with Crippen LogP contribution in [0, 0.1) is 4.84 Å². The molecule has 3 rings (SSSR count). The molecule has 3 aromatic rings. The Hall–Kier alpha value is -2.67. The van der Waals surface area contributed by atoms with Crippen LogP contribution in [0.5, 0.6) is 5.75 Å². The topological polar surface area (TPSA) is 83.9 Å². The molecule has 0 radical (unpaired) electrons. The maximum Gasteiger partial charge on any atom is 0.284 e. The normalized spacial score (nSPS) is 10.5. The van der Waals surface area contributed by atoms with E-state index in [0.717, 1.165) is 11.3 Å². The van der Waals surface area contributed by atoms with Crippen LogP contribution >= 0.6 is 12.2 Å². The zero-order chi connectivity index (χ0) is 14.8. The number of aromatic amines is 2. The second-order valence-corrected chi connectivity index (χ2v) is 4.64. The second kappa shape index (κ2) is 5.37. The SMILES string of the molecule is COc1cccc(-c2ccc(-c3n[nH]c(=S)o3)c(=O)[nH]2)c1. The molecule has 6 nitrogen and oxygen atoms in total. The van der Waals surface area contributed by atoms with Gasteiger partial charge in [-0.15, -0.1) is 5.10 Å². The molecule has 0 atom stereocenters. The lowest BCUT2D eigenvalue weighted by molar-refractivity contribution is 0.415. The lowest BCUT2D eigenvalue weighted by atomic mass is 10.1. The monoisotopic (exact) mass is 301 g/mol. The van der Waals surface area contributed by atoms with Gasteiger partial charge in [-0.3, -0.25) is 4.79 Å². The van der Waals surface area contributed by atoms with E-state index in [2.05, 4.69) is 15.2 Å². The molecule has 0 unspecified atom stereocenters. The summed E-state index contributed by atoms with van der Waals surface area (Å²) in [6.07, 6.45) is 0. The van der Waals surface area contributed by atoms with Gasteiger partial charge in [0.15, 0.2) is 0 Å². The third-order valence-electron chi connectivity index (χ3n) is 2.96. The number of hydrogen-bond acceptors (Lipinski definition) is 5. The Balaban J connectivity index is 2.05. The molecule has 7 heteroatoms. The number of H-pyrrole nitrogens is 2. The first-order valence-electron chi connectivity index (χ1n) is 6.11. The van der Waals surface area contributed by atoms with Gasteiger partial charge in [0.25, 0.3) is 16.3 Å². The van der Waals surface area contributed by atoms with Crippen molar-refractivity contribution in [3.05, 3.63) is 51.6 Å². The van der Waals surface area contributed by atoms with E-state index in [9.17, 15) is 4.79 Å². The van der Waals surface area contributed by atoms with Gasteiger partial charge in [0.05, 0.1) is 7.11 Å². The van der Waals surface area contributed by atoms with Crippen LogP contribution < -0.4 is 10.3 Å². The van der Waals surface area contributed by atoms with Crippen molar-refractivity contribution in [1.82, 2.24) is 15.2 Å². The molecule has 0 spiro atoms. The first-order valence-corrected chi connectivity index (χ1v) is 6.52. The van der Waals surface area contributed by atoms with Crippen molar-refractivity contribution in [3.63, 3.8) is 0 Å². The van der Waals surface area contributed by atoms with Crippen LogP contribution in [0.3, 0.4) is 0 Å². The lowest BCUT2D eigenvalue weighted by Crippen LogP contribution is -2.09. The molecule has 1 aromatic carbocycles. The Morgan fingerprint density at radius 3 is 2.81 bits per heavy atom. The van der Waals surface area contributed by atoms with E-state index >= 15 is 0 Å². The summed E-state index contributed by atoms with van der Waals surface area (Å²) >= 11 is 4.80. The molecule has 21 heavy (non-hydrogen) atoms. The van der Waals surface area contributed by atoms with E-state index in [-0.39, 0.29) is 16.3 Å². The van der Waals surface area contributed by atoms with E-state index in [1.807, 2.05) is 24.3 Å². The van der Waals surface area contributed by atoms with Crippen LogP contribution in [0.2, 0.25) is 0 Å². The molecule has 2 N–H and O–H groups in total. The molecule has 0 saturated heterocycles. The Labute approximate surface area is 124 Å². The van der Waals surface area contributed by atoms with Gasteiger partial charge in [-0.1, -0.05) is 12.1 Å². The third-order valence-corrected chi connectivity index (χ3v) is 3.13. The van der Waals surface area contributed by atoms with Crippen molar-refractivity contribution in [2.24, 2.45) is 0 Å². The lowest BCUT2D eigenvalue weighted by Gasteiger charge is -2.05. The maximum atomic E-state index is 12.1. The summed E-state index contributed by atoms with van der Waals surface area (Å²) in [5, 5.41) is 6.33. The molecule has 0 aliphatic rings. The van der Waals surface area contributed by atoms with Crippen molar-refractivity contribution < 1.29 is 9.15 Å². The van der Waals surface area contributed by atoms with Gasteiger partial charge >= 0.3 is 0 Å². The molecule has 0 amide bonds. The fourth-order valence-corrected chi connectivity index (χ4v) is 2.07. The first kappa shape index (κ1) is 13.3. The van der Waals surface area contributed by atoms with Crippen molar-refractivity contribution in [3.8, 4) is 28.5 Å². The van der Waals surface area contributed by atoms with Crippen LogP contribution in [-0.4, -0.2) is 22.3 Å². The van der Waals surface area contributed by atoms with Crippen LogP contribution in [-0.2, 0) is 0 Å². The number of ether oxygens (including phenoxy) is 1. The average molecular weight is 301 g/mol. The Morgan fingerprint density at radius 1 is 1.29 bits per heavy atom. The molecule has 0 saturated carbocycles. The Kier molecular flexibility index (Phi) is 3.41. The predicted molar refractivity (Wildman–Crippen MR) is 79.7 cm³/mol. The third kappa shape index (κ3) is 2.63. The van der Waals surface area contributed by atoms with Crippen LogP contribution in [0.15, 0.2) is 45.6 Å². The minimum absolute atomic E-state index is 0.126. The van der Waals surface area contributed by atoms with Gasteiger partial charge in [-0.2, -0.15) is 0 Å². The van der Waals surface area contributed by atoms with Gasteiger partial charge in [0, 0.05) is 11.3 Å². The maximum absolute atomic E-state index is 12.1. The summed E-state index contributed by atoms with van der Waals surface area (Å²) in [5.41, 5.74) is 1.53. The molecule has 0 fully saturated rings. The zero-order valence-electron chi connectivity index (χ0n) is 11.0. The Morgan fingerprint density at radius 2 is 2.14 bits per heavy atom. The number of pyridine rings is 1. The van der Waals surface area contributed by atoms with Crippen LogP contribution in [0.25, 0.3) is 22.7 Å². The van der Waals surface area contributed by atoms with Crippen molar-refractivity contribution in [2.45, 2.75) is 0 Å². The summed E-state index contributed by atoms with van der Waals surface area (Å²) in [4.78, 5) is 15.1. The second-order valence-electron chi connectivity index (χ2n) is 4.27. The molecule has 2 aromatic heterocycles. The molecule has 0 aliphatic carbocycles. The predicted octanol–water partition coefficient (Wildman–Crippen LogP) is 2.76. The number of methoxy groups -OCH3 is 1. The van der Waals surface area contributed by atoms with Crippen molar-refractivity contribution >= 4 is 12.2 Å². The molecule has 2 heterocycles. The van der Waals surface area contributed by atoms with Gasteiger partial charge in [0.2, 0.25) is 0 Å². The first-order chi connectivity index (χ1) is 10.2. The highest BCUT2D eigenvalue weighted by atomic mass is 32.1. The van der Waals surface area contributed by atoms with E-state index in [4.69, 9.17) is 21.4 Å². The van der Waals surface area contributed by atoms with Crippen LogP contribution in [0.1, 0.15) is 0 Å². The van der Waals surface area contributed by atoms with Crippen LogP contribution in [0.4, 0.5) is 0 Å². The number of nitrogens with one attached hydrogen (secondary N) is 2. The highest BCUT2D eigenvalue weighted by Crippen LogP contribution is 2.22. The number of hydrogen-bond donors (Lipinski definition) is 2. The van der Waals surface area contributed by atoms with E-state index in [1.165, 1.54) is 0 Å². The average Bonchev–Trinajstić information content (AvgIpc) is 2.93. The largest absolute Gasteiger partial charge is 0.497 e. The highest BCUT2D eigenvalue weighted by Gasteiger charge is 2.10. The summed E-state index contributed by atoms with van der Waals surface area (Å²) in [7, 11) is 1.59. The van der Waals surface area contributed by atoms with Gasteiger partial charge in [0.1, 0.15) is 11.3 Å². The summed E-state index contributed by atoms with van der Waals surface area (Å²) in [6.45, 7) is 0. The fraction of sp³-hybridized carbons (Fsp3) is 0.0714. The molecule has 0 aliphatic heterocycles. The smallest absolute Gasteiger partial charge is 0.284 e. The summed E-state index contributed by atoms with van der Waals surface area (Å²) in [5.74, 6) is 0.883. The highest BCUT2D eigenvalue weighted by molar-refractivity contribution is 7.71. The van der Waals surface area contributed by atoms with Gasteiger partial charge < -0.3 is 14.1 Å². The van der Waals surface area contributed by atoms with Gasteiger partial charge in [-0.25, -0.2) is 5.10 Å². The molecular formula is C14H11N3O3S. The standard InChI is InChI=1S/C14H11N3O3S/c1-19-9-4-2-3-8(7-9)11-6-5-10(12(18)15-11)13-16-17-14(21)20-13/h2-7H,1H3,(H,15,18)(H,17,21). The molecular weight excluding hydrogens is 290 g/mol. The van der Waals surface area contributed by atoms with Gasteiger partial charge in [-0.05, 0) is 36.5 Å². The zero-order valence-corrected chi connectivity index (χ0v) is 11.9. The van der Waals surface area contributed by atoms with Crippen molar-refractivity contribution in [2.75, 3.05) is 7.11 Å². The minimum Gasteiger partial charge on any atom is -0.497 e. The molecule has 0 bridgehead atoms. The van der Waals surface area contributed by atoms with Crippen molar-refractivity contribution in [1.29, 1.82) is 0 Å². The number of aromatic nitrogens is 3. The number of nitrogens with zero attached hydrogens (tertiary/aromatic N) is 1. The minimum atomic E-state index is -0.305. The molecule has 106 valence electrons. The quantitative estimate of drug-likeness (QED) is 0.727. The summed E-state index contributed by atoms with van der Waals surface area (Å²) in [6, 6.07) is 10.8.